The van der Waals surface area contributed by atoms with Crippen LogP contribution in [0.2, 0.25) is 0 Å². The van der Waals surface area contributed by atoms with Crippen LogP contribution in [-0.4, -0.2) is 58.9 Å². The van der Waals surface area contributed by atoms with Gasteiger partial charge in [0.2, 0.25) is 0 Å². The molecule has 0 bridgehead atoms. The molecular formula is C18H28N2O3. The SMILES string of the molecule is CO[C@@H]1CN(Cc2ccccc2)CC[C@H]1N(C(=O)O)C(C)(C)C. The lowest BCUT2D eigenvalue weighted by molar-refractivity contribution is -0.0556. The average molecular weight is 320 g/mol. The van der Waals surface area contributed by atoms with Crippen LogP contribution in [0.25, 0.3) is 0 Å². The molecule has 0 aliphatic carbocycles. The Balaban J connectivity index is 2.08. The Labute approximate surface area is 138 Å². The lowest BCUT2D eigenvalue weighted by Gasteiger charge is -2.47. The van der Waals surface area contributed by atoms with Crippen molar-refractivity contribution < 1.29 is 14.6 Å². The first-order valence-electron chi connectivity index (χ1n) is 8.14. The van der Waals surface area contributed by atoms with Gasteiger partial charge in [-0.15, -0.1) is 0 Å². The van der Waals surface area contributed by atoms with E-state index in [1.54, 1.807) is 12.0 Å². The fraction of sp³-hybridized carbons (Fsp3) is 0.611. The van der Waals surface area contributed by atoms with Gasteiger partial charge in [-0.05, 0) is 32.8 Å². The zero-order chi connectivity index (χ0) is 17.0. The average Bonchev–Trinajstić information content (AvgIpc) is 2.48. The fourth-order valence-corrected chi connectivity index (χ4v) is 3.41. The maximum Gasteiger partial charge on any atom is 0.408 e. The lowest BCUT2D eigenvalue weighted by atomic mass is 9.94. The second-order valence-electron chi connectivity index (χ2n) is 7.17. The Hall–Kier alpha value is -1.59. The molecule has 5 heteroatoms. The second kappa shape index (κ2) is 7.32. The summed E-state index contributed by atoms with van der Waals surface area (Å²) in [6, 6.07) is 10.2. The Bertz CT molecular complexity index is 513. The smallest absolute Gasteiger partial charge is 0.408 e. The lowest BCUT2D eigenvalue weighted by Crippen LogP contribution is -2.61. The third-order valence-electron chi connectivity index (χ3n) is 4.42. The number of piperidine rings is 1. The van der Waals surface area contributed by atoms with Gasteiger partial charge in [0.05, 0.1) is 12.1 Å². The summed E-state index contributed by atoms with van der Waals surface area (Å²) in [6.45, 7) is 8.30. The van der Waals surface area contributed by atoms with Gasteiger partial charge >= 0.3 is 6.09 Å². The molecule has 23 heavy (non-hydrogen) atoms. The van der Waals surface area contributed by atoms with E-state index in [2.05, 4.69) is 17.0 Å². The summed E-state index contributed by atoms with van der Waals surface area (Å²) < 4.78 is 5.65. The molecule has 0 aromatic heterocycles. The van der Waals surface area contributed by atoms with E-state index in [-0.39, 0.29) is 12.1 Å². The summed E-state index contributed by atoms with van der Waals surface area (Å²) >= 11 is 0. The van der Waals surface area contributed by atoms with Gasteiger partial charge in [-0.2, -0.15) is 0 Å². The molecule has 1 heterocycles. The van der Waals surface area contributed by atoms with E-state index in [1.165, 1.54) is 5.56 Å². The molecule has 0 unspecified atom stereocenters. The summed E-state index contributed by atoms with van der Waals surface area (Å²) in [5.74, 6) is 0. The number of benzene rings is 1. The first kappa shape index (κ1) is 17.8. The zero-order valence-corrected chi connectivity index (χ0v) is 14.5. The molecule has 128 valence electrons. The number of ether oxygens (including phenoxy) is 1. The summed E-state index contributed by atoms with van der Waals surface area (Å²) in [5, 5.41) is 9.63. The van der Waals surface area contributed by atoms with Crippen LogP contribution in [-0.2, 0) is 11.3 Å². The molecule has 1 amide bonds. The van der Waals surface area contributed by atoms with E-state index in [0.717, 1.165) is 26.1 Å². The molecule has 1 aromatic carbocycles. The highest BCUT2D eigenvalue weighted by Crippen LogP contribution is 2.27. The van der Waals surface area contributed by atoms with Crippen LogP contribution in [0.5, 0.6) is 0 Å². The van der Waals surface area contributed by atoms with Gasteiger partial charge in [-0.25, -0.2) is 4.79 Å². The number of carbonyl (C=O) groups is 1. The number of likely N-dealkylation sites (tertiary alicyclic amines) is 1. The van der Waals surface area contributed by atoms with E-state index in [0.29, 0.717) is 0 Å². The highest BCUT2D eigenvalue weighted by molar-refractivity contribution is 5.66. The van der Waals surface area contributed by atoms with Crippen molar-refractivity contribution in [3.05, 3.63) is 35.9 Å². The van der Waals surface area contributed by atoms with Gasteiger partial charge in [-0.1, -0.05) is 30.3 Å². The van der Waals surface area contributed by atoms with Crippen molar-refractivity contribution in [1.29, 1.82) is 0 Å². The maximum atomic E-state index is 11.7. The molecule has 0 spiro atoms. The maximum absolute atomic E-state index is 11.7. The highest BCUT2D eigenvalue weighted by Gasteiger charge is 2.40. The summed E-state index contributed by atoms with van der Waals surface area (Å²) in [6.07, 6.45) is -0.196. The van der Waals surface area contributed by atoms with Crippen molar-refractivity contribution in [2.75, 3.05) is 20.2 Å². The van der Waals surface area contributed by atoms with Crippen molar-refractivity contribution in [1.82, 2.24) is 9.80 Å². The van der Waals surface area contributed by atoms with Crippen molar-refractivity contribution in [2.24, 2.45) is 0 Å². The van der Waals surface area contributed by atoms with Crippen molar-refractivity contribution in [3.63, 3.8) is 0 Å². The minimum Gasteiger partial charge on any atom is -0.465 e. The number of nitrogens with zero attached hydrogens (tertiary/aromatic N) is 2. The van der Waals surface area contributed by atoms with E-state index in [4.69, 9.17) is 4.74 Å². The number of hydrogen-bond acceptors (Lipinski definition) is 3. The first-order chi connectivity index (χ1) is 10.8. The summed E-state index contributed by atoms with van der Waals surface area (Å²) in [7, 11) is 1.67. The third kappa shape index (κ3) is 4.45. The largest absolute Gasteiger partial charge is 0.465 e. The van der Waals surface area contributed by atoms with Crippen LogP contribution in [0.4, 0.5) is 4.79 Å². The molecule has 1 aromatic rings. The van der Waals surface area contributed by atoms with Crippen LogP contribution in [0, 0.1) is 0 Å². The normalized spacial score (nSPS) is 22.8. The predicted octanol–water partition coefficient (Wildman–Crippen LogP) is 3.05. The van der Waals surface area contributed by atoms with Crippen LogP contribution in [0.3, 0.4) is 0 Å². The molecule has 1 N–H and O–H groups in total. The van der Waals surface area contributed by atoms with Crippen LogP contribution in [0.15, 0.2) is 30.3 Å². The molecule has 1 aliphatic heterocycles. The molecule has 1 saturated heterocycles. The van der Waals surface area contributed by atoms with E-state index in [9.17, 15) is 9.90 Å². The number of amides is 1. The highest BCUT2D eigenvalue weighted by atomic mass is 16.5. The van der Waals surface area contributed by atoms with Crippen molar-refractivity contribution >= 4 is 6.09 Å². The van der Waals surface area contributed by atoms with Crippen molar-refractivity contribution in [3.8, 4) is 0 Å². The molecule has 1 aliphatic rings. The number of carboxylic acid groups (broad SMARTS) is 1. The van der Waals surface area contributed by atoms with Crippen LogP contribution >= 0.6 is 0 Å². The number of rotatable bonds is 4. The van der Waals surface area contributed by atoms with E-state index in [1.807, 2.05) is 39.0 Å². The Morgan fingerprint density at radius 1 is 1.35 bits per heavy atom. The van der Waals surface area contributed by atoms with E-state index < -0.39 is 11.6 Å². The Morgan fingerprint density at radius 3 is 2.52 bits per heavy atom. The zero-order valence-electron chi connectivity index (χ0n) is 14.5. The summed E-state index contributed by atoms with van der Waals surface area (Å²) in [4.78, 5) is 15.6. The molecule has 2 atom stereocenters. The van der Waals surface area contributed by atoms with Crippen LogP contribution in [0.1, 0.15) is 32.8 Å². The van der Waals surface area contributed by atoms with Gasteiger partial charge in [0, 0.05) is 32.3 Å². The van der Waals surface area contributed by atoms with Gasteiger partial charge in [-0.3, -0.25) is 9.80 Å². The van der Waals surface area contributed by atoms with Gasteiger partial charge < -0.3 is 9.84 Å². The number of methoxy groups -OCH3 is 1. The monoisotopic (exact) mass is 320 g/mol. The molecular weight excluding hydrogens is 292 g/mol. The quantitative estimate of drug-likeness (QED) is 0.926. The summed E-state index contributed by atoms with van der Waals surface area (Å²) in [5.41, 5.74) is 0.834. The van der Waals surface area contributed by atoms with Gasteiger partial charge in [0.15, 0.2) is 0 Å². The Kier molecular flexibility index (Phi) is 5.65. The van der Waals surface area contributed by atoms with Gasteiger partial charge in [0.25, 0.3) is 0 Å². The standard InChI is InChI=1S/C18H28N2O3/c1-18(2,3)20(17(21)22)15-10-11-19(13-16(15)23-4)12-14-8-6-5-7-9-14/h5-9,15-16H,10-13H2,1-4H3,(H,21,22)/t15-,16-/m1/s1. The molecule has 0 radical (unpaired) electrons. The minimum atomic E-state index is -0.874. The minimum absolute atomic E-state index is 0.107. The van der Waals surface area contributed by atoms with E-state index >= 15 is 0 Å². The fourth-order valence-electron chi connectivity index (χ4n) is 3.41. The molecule has 0 saturated carbocycles. The molecule has 2 rings (SSSR count). The molecule has 1 fully saturated rings. The first-order valence-corrected chi connectivity index (χ1v) is 8.14. The Morgan fingerprint density at radius 2 is 2.00 bits per heavy atom. The van der Waals surface area contributed by atoms with Crippen LogP contribution < -0.4 is 0 Å². The predicted molar refractivity (Wildman–Crippen MR) is 90.5 cm³/mol. The second-order valence-corrected chi connectivity index (χ2v) is 7.17. The van der Waals surface area contributed by atoms with Crippen molar-refractivity contribution in [2.45, 2.75) is 51.4 Å². The third-order valence-corrected chi connectivity index (χ3v) is 4.42. The topological polar surface area (TPSA) is 53.0 Å². The molecule has 5 nitrogen and oxygen atoms in total. The van der Waals surface area contributed by atoms with Gasteiger partial charge in [0.1, 0.15) is 0 Å². The number of hydrogen-bond donors (Lipinski definition) is 1.